The normalized spacial score (nSPS) is 17.3. The van der Waals surface area contributed by atoms with Crippen LogP contribution in [0.4, 0.5) is 10.5 Å². The van der Waals surface area contributed by atoms with Gasteiger partial charge in [0.1, 0.15) is 18.4 Å². The maximum absolute atomic E-state index is 13.3. The van der Waals surface area contributed by atoms with Gasteiger partial charge in [-0.15, -0.1) is 0 Å². The van der Waals surface area contributed by atoms with Crippen molar-refractivity contribution in [2.24, 2.45) is 5.92 Å². The number of morpholine rings is 1. The van der Waals surface area contributed by atoms with Gasteiger partial charge in [0.15, 0.2) is 0 Å². The zero-order valence-electron chi connectivity index (χ0n) is 21.9. The maximum atomic E-state index is 13.3. The van der Waals surface area contributed by atoms with Crippen LogP contribution in [0.3, 0.4) is 0 Å². The van der Waals surface area contributed by atoms with Gasteiger partial charge in [-0.2, -0.15) is 5.26 Å². The summed E-state index contributed by atoms with van der Waals surface area (Å²) in [5, 5.41) is 12.6. The van der Waals surface area contributed by atoms with E-state index in [0.29, 0.717) is 65.1 Å². The fraction of sp³-hybridized carbons (Fsp3) is 0.429. The van der Waals surface area contributed by atoms with E-state index in [4.69, 9.17) is 26.3 Å². The van der Waals surface area contributed by atoms with Crippen molar-refractivity contribution in [3.63, 3.8) is 0 Å². The summed E-state index contributed by atoms with van der Waals surface area (Å²) in [6, 6.07) is 11.0. The third-order valence-electron chi connectivity index (χ3n) is 7.07. The summed E-state index contributed by atoms with van der Waals surface area (Å²) in [4.78, 5) is 41.4. The third-order valence-corrected chi connectivity index (χ3v) is 7.38. The number of urea groups is 1. The van der Waals surface area contributed by atoms with Crippen LogP contribution in [-0.4, -0.2) is 52.5 Å². The minimum atomic E-state index is -0.365. The van der Waals surface area contributed by atoms with E-state index >= 15 is 0 Å². The lowest BCUT2D eigenvalue weighted by molar-refractivity contribution is -0.000857. The molecule has 5 rings (SSSR count). The summed E-state index contributed by atoms with van der Waals surface area (Å²) in [6.07, 6.45) is 2.04. The molecule has 11 heteroatoms. The molecule has 1 aromatic heterocycles. The van der Waals surface area contributed by atoms with Crippen LogP contribution in [0.25, 0.3) is 10.9 Å². The molecule has 2 fully saturated rings. The molecule has 0 bridgehead atoms. The Bertz CT molecular complexity index is 1570. The van der Waals surface area contributed by atoms with E-state index in [2.05, 4.69) is 5.32 Å². The molecule has 2 aliphatic rings. The third kappa shape index (κ3) is 5.65. The van der Waals surface area contributed by atoms with Gasteiger partial charge in [0.25, 0.3) is 5.56 Å². The van der Waals surface area contributed by atoms with Crippen molar-refractivity contribution >= 4 is 34.2 Å². The number of anilines is 1. The number of benzene rings is 2. The van der Waals surface area contributed by atoms with E-state index in [-0.39, 0.29) is 36.0 Å². The van der Waals surface area contributed by atoms with Crippen molar-refractivity contribution in [3.05, 3.63) is 67.8 Å². The van der Waals surface area contributed by atoms with E-state index < -0.39 is 0 Å². The highest BCUT2D eigenvalue weighted by Gasteiger charge is 2.29. The summed E-state index contributed by atoms with van der Waals surface area (Å²) in [6.45, 7) is 5.45. The number of carbonyl (C=O) groups excluding carboxylic acids is 1. The molecule has 39 heavy (non-hydrogen) atoms. The van der Waals surface area contributed by atoms with Crippen molar-refractivity contribution in [2.45, 2.75) is 45.3 Å². The lowest BCUT2D eigenvalue weighted by Gasteiger charge is -2.35. The van der Waals surface area contributed by atoms with Gasteiger partial charge in [0.05, 0.1) is 40.7 Å². The zero-order valence-corrected chi connectivity index (χ0v) is 22.6. The molecule has 1 unspecified atom stereocenters. The van der Waals surface area contributed by atoms with E-state index in [9.17, 15) is 14.4 Å². The van der Waals surface area contributed by atoms with Gasteiger partial charge in [0, 0.05) is 30.9 Å². The molecule has 3 aromatic rings. The molecule has 0 spiro atoms. The number of carbonyl (C=O) groups is 1. The van der Waals surface area contributed by atoms with Crippen LogP contribution >= 0.6 is 11.6 Å². The number of nitrogens with zero attached hydrogens (tertiary/aromatic N) is 4. The number of rotatable bonds is 7. The predicted molar refractivity (Wildman–Crippen MR) is 148 cm³/mol. The van der Waals surface area contributed by atoms with Crippen molar-refractivity contribution in [2.75, 3.05) is 31.7 Å². The first-order valence-electron chi connectivity index (χ1n) is 13.0. The Kier molecular flexibility index (Phi) is 7.64. The molecule has 2 aromatic carbocycles. The molecule has 1 saturated heterocycles. The molecule has 2 amide bonds. The second-order valence-corrected chi connectivity index (χ2v) is 10.7. The number of nitrogens with one attached hydrogen (secondary N) is 1. The van der Waals surface area contributed by atoms with Gasteiger partial charge in [-0.3, -0.25) is 13.9 Å². The number of fused-ring (bicyclic) bond motifs is 1. The van der Waals surface area contributed by atoms with Crippen molar-refractivity contribution in [1.82, 2.24) is 14.0 Å². The van der Waals surface area contributed by atoms with Crippen LogP contribution in [0.2, 0.25) is 5.02 Å². The first-order chi connectivity index (χ1) is 18.8. The number of hydrogen-bond acceptors (Lipinski definition) is 6. The van der Waals surface area contributed by atoms with Crippen LogP contribution in [0.15, 0.2) is 46.0 Å². The number of ether oxygens (including phenoxy) is 2. The van der Waals surface area contributed by atoms with E-state index in [0.717, 1.165) is 12.8 Å². The summed E-state index contributed by atoms with van der Waals surface area (Å²) in [7, 11) is 0. The molecule has 1 aliphatic carbocycles. The standard InChI is InChI=1S/C28H30ClN5O5/c1-17(2)34-25-8-6-20(11-23(25)26(35)33(28(34)37)14-18-3-4-18)31-27(36)32-9-10-38-15-21(32)16-39-22-7-5-19(13-30)24(29)12-22/h5-8,11-12,17-18,21H,3-4,9-10,14-16H2,1-2H3,(H,31,36). The summed E-state index contributed by atoms with van der Waals surface area (Å²) < 4.78 is 14.4. The second kappa shape index (κ2) is 11.1. The smallest absolute Gasteiger partial charge is 0.331 e. The average molecular weight is 552 g/mol. The number of aromatic nitrogens is 2. The summed E-state index contributed by atoms with van der Waals surface area (Å²) >= 11 is 6.10. The van der Waals surface area contributed by atoms with E-state index in [1.165, 1.54) is 4.57 Å². The Balaban J connectivity index is 1.36. The molecule has 204 valence electrons. The highest BCUT2D eigenvalue weighted by atomic mass is 35.5. The number of halogens is 1. The van der Waals surface area contributed by atoms with Crippen LogP contribution < -0.4 is 21.3 Å². The molecule has 1 atom stereocenters. The SMILES string of the molecule is CC(C)n1c(=O)n(CC2CC2)c(=O)c2cc(NC(=O)N3CCOCC3COc3ccc(C#N)c(Cl)c3)ccc21. The highest BCUT2D eigenvalue weighted by molar-refractivity contribution is 6.31. The number of hydrogen-bond donors (Lipinski definition) is 1. The minimum absolute atomic E-state index is 0.133. The van der Waals surface area contributed by atoms with Crippen LogP contribution in [0.5, 0.6) is 5.75 Å². The Morgan fingerprint density at radius 1 is 1.23 bits per heavy atom. The van der Waals surface area contributed by atoms with Crippen LogP contribution in [0, 0.1) is 17.2 Å². The first-order valence-corrected chi connectivity index (χ1v) is 13.4. The lowest BCUT2D eigenvalue weighted by atomic mass is 10.2. The summed E-state index contributed by atoms with van der Waals surface area (Å²) in [5.74, 6) is 0.843. The maximum Gasteiger partial charge on any atom is 0.331 e. The number of nitriles is 1. The Labute approximate surface area is 230 Å². The van der Waals surface area contributed by atoms with E-state index in [1.807, 2.05) is 19.9 Å². The van der Waals surface area contributed by atoms with Gasteiger partial charge in [-0.1, -0.05) is 11.6 Å². The molecule has 1 aliphatic heterocycles. The number of amides is 2. The molecular formula is C28H30ClN5O5. The molecule has 2 heterocycles. The van der Waals surface area contributed by atoms with Gasteiger partial charge in [0.2, 0.25) is 0 Å². The predicted octanol–water partition coefficient (Wildman–Crippen LogP) is 3.99. The Morgan fingerprint density at radius 2 is 2.03 bits per heavy atom. The monoisotopic (exact) mass is 551 g/mol. The van der Waals surface area contributed by atoms with Gasteiger partial charge < -0.3 is 19.7 Å². The Morgan fingerprint density at radius 3 is 2.72 bits per heavy atom. The van der Waals surface area contributed by atoms with Crippen LogP contribution in [-0.2, 0) is 11.3 Å². The molecule has 10 nitrogen and oxygen atoms in total. The molecule has 1 saturated carbocycles. The average Bonchev–Trinajstić information content (AvgIpc) is 3.74. The first kappa shape index (κ1) is 26.8. The fourth-order valence-corrected chi connectivity index (χ4v) is 5.02. The van der Waals surface area contributed by atoms with Crippen LogP contribution in [0.1, 0.15) is 38.3 Å². The largest absolute Gasteiger partial charge is 0.491 e. The molecular weight excluding hydrogens is 522 g/mol. The molecule has 0 radical (unpaired) electrons. The second-order valence-electron chi connectivity index (χ2n) is 10.3. The van der Waals surface area contributed by atoms with E-state index in [1.54, 1.807) is 45.9 Å². The quantitative estimate of drug-likeness (QED) is 0.474. The van der Waals surface area contributed by atoms with Crippen molar-refractivity contribution < 1.29 is 14.3 Å². The van der Waals surface area contributed by atoms with Gasteiger partial charge in [-0.25, -0.2) is 9.59 Å². The fourth-order valence-electron chi connectivity index (χ4n) is 4.80. The summed E-state index contributed by atoms with van der Waals surface area (Å²) in [5.41, 5.74) is 0.718. The van der Waals surface area contributed by atoms with Crippen molar-refractivity contribution in [3.8, 4) is 11.8 Å². The molecule has 1 N–H and O–H groups in total. The topological polar surface area (TPSA) is 119 Å². The minimum Gasteiger partial charge on any atom is -0.491 e. The highest BCUT2D eigenvalue weighted by Crippen LogP contribution is 2.30. The Hall–Kier alpha value is -3.81. The van der Waals surface area contributed by atoms with Gasteiger partial charge in [-0.05, 0) is 62.9 Å². The van der Waals surface area contributed by atoms with Crippen molar-refractivity contribution in [1.29, 1.82) is 5.26 Å². The zero-order chi connectivity index (χ0) is 27.7. The van der Waals surface area contributed by atoms with Gasteiger partial charge >= 0.3 is 11.7 Å². The lowest BCUT2D eigenvalue weighted by Crippen LogP contribution is -2.52.